The number of amides is 1. The van der Waals surface area contributed by atoms with Crippen molar-refractivity contribution in [3.05, 3.63) is 59.7 Å². The van der Waals surface area contributed by atoms with Gasteiger partial charge in [0.1, 0.15) is 5.75 Å². The number of nitrogens with zero attached hydrogens (tertiary/aromatic N) is 1. The molecule has 7 nitrogen and oxygen atoms in total. The van der Waals surface area contributed by atoms with Crippen LogP contribution in [-0.2, 0) is 14.3 Å². The van der Waals surface area contributed by atoms with E-state index in [0.29, 0.717) is 35.6 Å². The van der Waals surface area contributed by atoms with E-state index in [-0.39, 0.29) is 12.2 Å². The number of hydrogen-bond acceptors (Lipinski definition) is 6. The summed E-state index contributed by atoms with van der Waals surface area (Å²) in [5, 5.41) is 11.4. The number of carbonyl (C=O) groups excluding carboxylic acids is 3. The quantitative estimate of drug-likeness (QED) is 0.396. The fourth-order valence-corrected chi connectivity index (χ4v) is 2.37. The molecule has 0 unspecified atom stereocenters. The summed E-state index contributed by atoms with van der Waals surface area (Å²) in [6.07, 6.45) is -0.407. The molecule has 150 valence electrons. The maximum Gasteiger partial charge on any atom is 0.306 e. The topological polar surface area (TPSA) is 105 Å². The monoisotopic (exact) mass is 394 g/mol. The molecule has 0 aliphatic heterocycles. The van der Waals surface area contributed by atoms with Crippen LogP contribution in [0.3, 0.4) is 0 Å². The van der Waals surface area contributed by atoms with E-state index in [1.807, 2.05) is 6.07 Å². The van der Waals surface area contributed by atoms with Gasteiger partial charge in [0.2, 0.25) is 0 Å². The minimum Gasteiger partial charge on any atom is -0.494 e. The number of rotatable bonds is 9. The Bertz CT molecular complexity index is 898. The average molecular weight is 394 g/mol. The highest BCUT2D eigenvalue weighted by Gasteiger charge is 2.17. The summed E-state index contributed by atoms with van der Waals surface area (Å²) in [5.41, 5.74) is 1.61. The van der Waals surface area contributed by atoms with Crippen molar-refractivity contribution >= 4 is 23.3 Å². The van der Waals surface area contributed by atoms with E-state index in [9.17, 15) is 14.4 Å². The van der Waals surface area contributed by atoms with Gasteiger partial charge in [-0.2, -0.15) is 5.26 Å². The molecule has 2 aromatic rings. The molecule has 7 heteroatoms. The Morgan fingerprint density at radius 2 is 1.72 bits per heavy atom. The predicted molar refractivity (Wildman–Crippen MR) is 107 cm³/mol. The standard InChI is InChI=1S/C22H22N2O5/c1-15(25)18-7-11-20(12-8-18)28-13-3-4-21(26)29-16(2)22(27)24-19-9-5-17(14-23)6-10-19/h5-12,16H,3-4,13H2,1-2H3,(H,24,27)/t16-/m1/s1. The SMILES string of the molecule is CC(=O)c1ccc(OCCCC(=O)O[C@H](C)C(=O)Nc2ccc(C#N)cc2)cc1. The number of hydrogen-bond donors (Lipinski definition) is 1. The van der Waals surface area contributed by atoms with Crippen LogP contribution in [0.15, 0.2) is 48.5 Å². The summed E-state index contributed by atoms with van der Waals surface area (Å²) < 4.78 is 10.6. The van der Waals surface area contributed by atoms with Crippen molar-refractivity contribution in [2.24, 2.45) is 0 Å². The largest absolute Gasteiger partial charge is 0.494 e. The van der Waals surface area contributed by atoms with Gasteiger partial charge in [0.15, 0.2) is 11.9 Å². The normalized spacial score (nSPS) is 11.1. The molecule has 0 saturated carbocycles. The van der Waals surface area contributed by atoms with E-state index in [0.717, 1.165) is 0 Å². The van der Waals surface area contributed by atoms with Crippen LogP contribution in [0.5, 0.6) is 5.75 Å². The zero-order valence-electron chi connectivity index (χ0n) is 16.3. The van der Waals surface area contributed by atoms with Gasteiger partial charge >= 0.3 is 5.97 Å². The minimum absolute atomic E-state index is 0.0170. The number of anilines is 1. The van der Waals surface area contributed by atoms with Gasteiger partial charge in [-0.05, 0) is 68.8 Å². The number of ether oxygens (including phenoxy) is 2. The summed E-state index contributed by atoms with van der Waals surface area (Å²) in [4.78, 5) is 35.2. The van der Waals surface area contributed by atoms with Crippen LogP contribution in [-0.4, -0.2) is 30.4 Å². The first-order valence-electron chi connectivity index (χ1n) is 9.13. The highest BCUT2D eigenvalue weighted by Crippen LogP contribution is 2.13. The Labute approximate surface area is 169 Å². The van der Waals surface area contributed by atoms with Gasteiger partial charge in [0, 0.05) is 17.7 Å². The molecule has 0 saturated heterocycles. The Morgan fingerprint density at radius 3 is 2.31 bits per heavy atom. The molecule has 0 spiro atoms. The molecule has 2 rings (SSSR count). The third-order valence-electron chi connectivity index (χ3n) is 4.01. The maximum absolute atomic E-state index is 12.1. The van der Waals surface area contributed by atoms with Crippen molar-refractivity contribution < 1.29 is 23.9 Å². The smallest absolute Gasteiger partial charge is 0.306 e. The second-order valence-electron chi connectivity index (χ2n) is 6.34. The van der Waals surface area contributed by atoms with E-state index in [4.69, 9.17) is 14.7 Å². The number of Topliss-reactive ketones (excluding diaryl/α,β-unsaturated/α-hetero) is 1. The Kier molecular flexibility index (Phi) is 7.92. The van der Waals surface area contributed by atoms with E-state index in [1.165, 1.54) is 13.8 Å². The average Bonchev–Trinajstić information content (AvgIpc) is 2.72. The third kappa shape index (κ3) is 7.11. The van der Waals surface area contributed by atoms with Gasteiger partial charge < -0.3 is 14.8 Å². The fraction of sp³-hybridized carbons (Fsp3) is 0.273. The van der Waals surface area contributed by atoms with Gasteiger partial charge in [0.25, 0.3) is 5.91 Å². The molecule has 29 heavy (non-hydrogen) atoms. The molecule has 1 amide bonds. The zero-order chi connectivity index (χ0) is 21.2. The summed E-state index contributed by atoms with van der Waals surface area (Å²) in [5.74, 6) is -0.358. The van der Waals surface area contributed by atoms with Crippen LogP contribution in [0.1, 0.15) is 42.6 Å². The van der Waals surface area contributed by atoms with Crippen molar-refractivity contribution in [3.8, 4) is 11.8 Å². The summed E-state index contributed by atoms with van der Waals surface area (Å²) in [6.45, 7) is 3.29. The molecular weight excluding hydrogens is 372 g/mol. The first-order chi connectivity index (χ1) is 13.9. The van der Waals surface area contributed by atoms with Gasteiger partial charge in [-0.3, -0.25) is 14.4 Å². The van der Waals surface area contributed by atoms with Crippen LogP contribution < -0.4 is 10.1 Å². The molecule has 0 radical (unpaired) electrons. The fourth-order valence-electron chi connectivity index (χ4n) is 2.37. The number of nitrogens with one attached hydrogen (secondary N) is 1. The minimum atomic E-state index is -0.946. The number of esters is 1. The lowest BCUT2D eigenvalue weighted by atomic mass is 10.1. The van der Waals surface area contributed by atoms with Crippen LogP contribution in [0.2, 0.25) is 0 Å². The van der Waals surface area contributed by atoms with Crippen LogP contribution in [0, 0.1) is 11.3 Å². The Hall–Kier alpha value is -3.66. The van der Waals surface area contributed by atoms with Crippen LogP contribution >= 0.6 is 0 Å². The van der Waals surface area contributed by atoms with Crippen molar-refractivity contribution in [2.45, 2.75) is 32.8 Å². The first kappa shape index (κ1) is 21.6. The van der Waals surface area contributed by atoms with E-state index in [2.05, 4.69) is 5.32 Å². The van der Waals surface area contributed by atoms with Gasteiger partial charge in [-0.25, -0.2) is 0 Å². The molecule has 1 atom stereocenters. The lowest BCUT2D eigenvalue weighted by molar-refractivity contribution is -0.153. The number of ketones is 1. The van der Waals surface area contributed by atoms with Crippen molar-refractivity contribution in [1.29, 1.82) is 5.26 Å². The van der Waals surface area contributed by atoms with Gasteiger partial charge in [0.05, 0.1) is 18.2 Å². The zero-order valence-corrected chi connectivity index (χ0v) is 16.3. The van der Waals surface area contributed by atoms with E-state index in [1.54, 1.807) is 48.5 Å². The number of benzene rings is 2. The van der Waals surface area contributed by atoms with Crippen molar-refractivity contribution in [1.82, 2.24) is 0 Å². The predicted octanol–water partition coefficient (Wildman–Crippen LogP) is 3.49. The first-order valence-corrected chi connectivity index (χ1v) is 9.13. The Morgan fingerprint density at radius 1 is 1.07 bits per heavy atom. The van der Waals surface area contributed by atoms with Crippen molar-refractivity contribution in [2.75, 3.05) is 11.9 Å². The van der Waals surface area contributed by atoms with Gasteiger partial charge in [-0.1, -0.05) is 0 Å². The van der Waals surface area contributed by atoms with E-state index >= 15 is 0 Å². The third-order valence-corrected chi connectivity index (χ3v) is 4.01. The molecule has 0 fully saturated rings. The lowest BCUT2D eigenvalue weighted by Gasteiger charge is -2.13. The molecule has 0 aromatic heterocycles. The van der Waals surface area contributed by atoms with Crippen LogP contribution in [0.25, 0.3) is 0 Å². The lowest BCUT2D eigenvalue weighted by Crippen LogP contribution is -2.30. The molecule has 0 aliphatic rings. The van der Waals surface area contributed by atoms with Crippen LogP contribution in [0.4, 0.5) is 5.69 Å². The molecule has 1 N–H and O–H groups in total. The number of carbonyl (C=O) groups is 3. The van der Waals surface area contributed by atoms with Gasteiger partial charge in [-0.15, -0.1) is 0 Å². The summed E-state index contributed by atoms with van der Waals surface area (Å²) in [7, 11) is 0. The molecule has 0 heterocycles. The number of nitriles is 1. The molecule has 0 aliphatic carbocycles. The maximum atomic E-state index is 12.1. The molecular formula is C22H22N2O5. The molecule has 2 aromatic carbocycles. The van der Waals surface area contributed by atoms with E-state index < -0.39 is 18.0 Å². The van der Waals surface area contributed by atoms with Crippen molar-refractivity contribution in [3.63, 3.8) is 0 Å². The summed E-state index contributed by atoms with van der Waals surface area (Å²) in [6, 6.07) is 15.1. The second-order valence-corrected chi connectivity index (χ2v) is 6.34. The highest BCUT2D eigenvalue weighted by atomic mass is 16.5. The second kappa shape index (κ2) is 10.6. The highest BCUT2D eigenvalue weighted by molar-refractivity contribution is 5.95. The Balaban J connectivity index is 1.68. The summed E-state index contributed by atoms with van der Waals surface area (Å²) >= 11 is 0. The molecule has 0 bridgehead atoms.